The lowest BCUT2D eigenvalue weighted by molar-refractivity contribution is 0.222. The van der Waals surface area contributed by atoms with Crippen molar-refractivity contribution < 1.29 is 0 Å². The highest BCUT2D eigenvalue weighted by molar-refractivity contribution is 7.80. The Morgan fingerprint density at radius 3 is 2.71 bits per heavy atom. The first kappa shape index (κ1) is 10.8. The maximum atomic E-state index is 4.44. The molecule has 0 aromatic carbocycles. The molecule has 2 fully saturated rings. The van der Waals surface area contributed by atoms with Crippen LogP contribution in [-0.2, 0) is 0 Å². The molecule has 1 saturated carbocycles. The van der Waals surface area contributed by atoms with Gasteiger partial charge in [-0.25, -0.2) is 0 Å². The molecule has 0 unspecified atom stereocenters. The fraction of sp³-hybridized carbons (Fsp3) is 1.00. The Morgan fingerprint density at radius 1 is 1.43 bits per heavy atom. The second kappa shape index (κ2) is 4.05. The first-order valence-corrected chi connectivity index (χ1v) is 6.63. The van der Waals surface area contributed by atoms with Crippen LogP contribution in [0.25, 0.3) is 0 Å². The lowest BCUT2D eigenvalue weighted by atomic mass is 9.85. The quantitative estimate of drug-likeness (QED) is 0.690. The van der Waals surface area contributed by atoms with E-state index in [4.69, 9.17) is 0 Å². The number of nitrogens with zero attached hydrogens (tertiary/aromatic N) is 1. The molecule has 1 heterocycles. The Bertz CT molecular complexity index is 204. The van der Waals surface area contributed by atoms with Gasteiger partial charge in [-0.1, -0.05) is 0 Å². The summed E-state index contributed by atoms with van der Waals surface area (Å²) in [7, 11) is 0. The Morgan fingerprint density at radius 2 is 2.21 bits per heavy atom. The monoisotopic (exact) mass is 213 g/mol. The predicted molar refractivity (Wildman–Crippen MR) is 65.0 cm³/mol. The molecule has 1 nitrogen and oxygen atoms in total. The van der Waals surface area contributed by atoms with E-state index in [1.54, 1.807) is 0 Å². The minimum Gasteiger partial charge on any atom is -0.300 e. The molecule has 0 radical (unpaired) electrons. The summed E-state index contributed by atoms with van der Waals surface area (Å²) in [5.74, 6) is 2.01. The van der Waals surface area contributed by atoms with E-state index in [9.17, 15) is 0 Å². The second-order valence-electron chi connectivity index (χ2n) is 5.61. The standard InChI is InChI=1S/C12H23NS/c1-10(2)13-6-5-12(9-13)4-3-11(7-12)8-14/h10-11,14H,3-9H2,1-2H3/t11-,12+/m1/s1. The predicted octanol–water partition coefficient (Wildman–Crippen LogP) is 2.82. The van der Waals surface area contributed by atoms with Crippen molar-refractivity contribution in [3.05, 3.63) is 0 Å². The van der Waals surface area contributed by atoms with Crippen LogP contribution in [0.3, 0.4) is 0 Å². The van der Waals surface area contributed by atoms with Crippen LogP contribution < -0.4 is 0 Å². The van der Waals surface area contributed by atoms with Gasteiger partial charge in [0.25, 0.3) is 0 Å². The van der Waals surface area contributed by atoms with Gasteiger partial charge < -0.3 is 4.90 Å². The smallest absolute Gasteiger partial charge is 0.00413 e. The summed E-state index contributed by atoms with van der Waals surface area (Å²) in [4.78, 5) is 2.65. The lowest BCUT2D eigenvalue weighted by Crippen LogP contribution is -2.31. The molecule has 0 aromatic heterocycles. The molecule has 2 aliphatic rings. The summed E-state index contributed by atoms with van der Waals surface area (Å²) in [6.45, 7) is 7.33. The largest absolute Gasteiger partial charge is 0.300 e. The molecular formula is C12H23NS. The van der Waals surface area contributed by atoms with Gasteiger partial charge in [0.05, 0.1) is 0 Å². The molecular weight excluding hydrogens is 190 g/mol. The fourth-order valence-electron chi connectivity index (χ4n) is 3.26. The molecule has 1 saturated heterocycles. The van der Waals surface area contributed by atoms with E-state index in [1.165, 1.54) is 38.8 Å². The van der Waals surface area contributed by atoms with Crippen molar-refractivity contribution in [2.24, 2.45) is 11.3 Å². The van der Waals surface area contributed by atoms with Crippen LogP contribution in [0, 0.1) is 11.3 Å². The van der Waals surface area contributed by atoms with Crippen molar-refractivity contribution in [1.82, 2.24) is 4.90 Å². The summed E-state index contributed by atoms with van der Waals surface area (Å²) < 4.78 is 0. The first-order valence-electron chi connectivity index (χ1n) is 6.00. The van der Waals surface area contributed by atoms with Gasteiger partial charge in [-0.2, -0.15) is 12.6 Å². The van der Waals surface area contributed by atoms with E-state index >= 15 is 0 Å². The molecule has 1 aliphatic heterocycles. The molecule has 2 heteroatoms. The number of hydrogen-bond donors (Lipinski definition) is 1. The van der Waals surface area contributed by atoms with Gasteiger partial charge in [0.1, 0.15) is 0 Å². The van der Waals surface area contributed by atoms with Gasteiger partial charge in [0.2, 0.25) is 0 Å². The topological polar surface area (TPSA) is 3.24 Å². The van der Waals surface area contributed by atoms with E-state index in [-0.39, 0.29) is 0 Å². The van der Waals surface area contributed by atoms with Gasteiger partial charge in [-0.05, 0) is 63.2 Å². The first-order chi connectivity index (χ1) is 6.65. The summed E-state index contributed by atoms with van der Waals surface area (Å²) in [5.41, 5.74) is 0.692. The molecule has 14 heavy (non-hydrogen) atoms. The van der Waals surface area contributed by atoms with Crippen molar-refractivity contribution in [2.45, 2.75) is 45.6 Å². The second-order valence-corrected chi connectivity index (χ2v) is 5.97. The van der Waals surface area contributed by atoms with Crippen molar-refractivity contribution >= 4 is 12.6 Å². The fourth-order valence-corrected chi connectivity index (χ4v) is 3.58. The van der Waals surface area contributed by atoms with Crippen LogP contribution in [0.1, 0.15) is 39.5 Å². The molecule has 0 N–H and O–H groups in total. The molecule has 1 aliphatic carbocycles. The average molecular weight is 213 g/mol. The Kier molecular flexibility index (Phi) is 3.13. The summed E-state index contributed by atoms with van der Waals surface area (Å²) in [6.07, 6.45) is 5.77. The maximum absolute atomic E-state index is 4.44. The average Bonchev–Trinajstić information content (AvgIpc) is 2.74. The molecule has 2 rings (SSSR count). The van der Waals surface area contributed by atoms with Crippen LogP contribution in [0.5, 0.6) is 0 Å². The minimum absolute atomic E-state index is 0.692. The third-order valence-electron chi connectivity index (χ3n) is 4.26. The van der Waals surface area contributed by atoms with E-state index in [0.29, 0.717) is 5.41 Å². The molecule has 82 valence electrons. The van der Waals surface area contributed by atoms with Gasteiger partial charge in [0.15, 0.2) is 0 Å². The van der Waals surface area contributed by atoms with Crippen molar-refractivity contribution in [3.8, 4) is 0 Å². The number of rotatable bonds is 2. The van der Waals surface area contributed by atoms with Crippen molar-refractivity contribution in [3.63, 3.8) is 0 Å². The van der Waals surface area contributed by atoms with Crippen LogP contribution in [-0.4, -0.2) is 29.8 Å². The molecule has 1 spiro atoms. The van der Waals surface area contributed by atoms with Crippen LogP contribution in [0.4, 0.5) is 0 Å². The van der Waals surface area contributed by atoms with Gasteiger partial charge in [-0.3, -0.25) is 0 Å². The van der Waals surface area contributed by atoms with Gasteiger partial charge in [-0.15, -0.1) is 0 Å². The Labute approximate surface area is 93.7 Å². The molecule has 2 atom stereocenters. The molecule has 0 amide bonds. The highest BCUT2D eigenvalue weighted by Gasteiger charge is 2.43. The Balaban J connectivity index is 1.94. The summed E-state index contributed by atoms with van der Waals surface area (Å²) >= 11 is 4.44. The van der Waals surface area contributed by atoms with E-state index in [2.05, 4.69) is 31.4 Å². The third kappa shape index (κ3) is 1.96. The van der Waals surface area contributed by atoms with Crippen LogP contribution in [0.2, 0.25) is 0 Å². The van der Waals surface area contributed by atoms with Gasteiger partial charge in [0, 0.05) is 12.6 Å². The van der Waals surface area contributed by atoms with E-state index in [1.807, 2.05) is 0 Å². The highest BCUT2D eigenvalue weighted by Crippen LogP contribution is 2.48. The minimum atomic E-state index is 0.692. The zero-order valence-corrected chi connectivity index (χ0v) is 10.4. The number of thiol groups is 1. The number of likely N-dealkylation sites (tertiary alicyclic amines) is 1. The normalized spacial score (nSPS) is 39.0. The lowest BCUT2D eigenvalue weighted by Gasteiger charge is -2.26. The third-order valence-corrected chi connectivity index (χ3v) is 4.78. The molecule has 0 bridgehead atoms. The zero-order valence-electron chi connectivity index (χ0n) is 9.50. The zero-order chi connectivity index (χ0) is 10.2. The van der Waals surface area contributed by atoms with Gasteiger partial charge >= 0.3 is 0 Å². The maximum Gasteiger partial charge on any atom is 0.00413 e. The Hall–Kier alpha value is 0.310. The number of hydrogen-bond acceptors (Lipinski definition) is 2. The van der Waals surface area contributed by atoms with Crippen LogP contribution in [0.15, 0.2) is 0 Å². The highest BCUT2D eigenvalue weighted by atomic mass is 32.1. The van der Waals surface area contributed by atoms with Crippen molar-refractivity contribution in [1.29, 1.82) is 0 Å². The van der Waals surface area contributed by atoms with Crippen molar-refractivity contribution in [2.75, 3.05) is 18.8 Å². The SMILES string of the molecule is CC(C)N1CC[C@]2(CC[C@@H](CS)C2)C1. The summed E-state index contributed by atoms with van der Waals surface area (Å²) in [5, 5.41) is 0. The van der Waals surface area contributed by atoms with Crippen LogP contribution >= 0.6 is 12.6 Å². The summed E-state index contributed by atoms with van der Waals surface area (Å²) in [6, 6.07) is 0.740. The van der Waals surface area contributed by atoms with E-state index < -0.39 is 0 Å². The van der Waals surface area contributed by atoms with E-state index in [0.717, 1.165) is 17.7 Å². The molecule has 0 aromatic rings.